The Balaban J connectivity index is 3.98. The fraction of sp³-hybridized carbons (Fsp3) is 0.800. The van der Waals surface area contributed by atoms with Crippen molar-refractivity contribution in [3.05, 3.63) is 11.6 Å². The van der Waals surface area contributed by atoms with Crippen LogP contribution in [0.5, 0.6) is 0 Å². The van der Waals surface area contributed by atoms with E-state index in [4.69, 9.17) is 34.8 Å². The number of rotatable bonds is 6. The molecule has 0 amide bonds. The molecule has 0 aliphatic heterocycles. The highest BCUT2D eigenvalue weighted by Crippen LogP contribution is 2.29. The van der Waals surface area contributed by atoms with Crippen LogP contribution in [0, 0.1) is 0 Å². The Morgan fingerprint density at radius 3 is 2.36 bits per heavy atom. The molecule has 84 valence electrons. The monoisotopic (exact) mass is 320 g/mol. The van der Waals surface area contributed by atoms with Gasteiger partial charge in [-0.15, -0.1) is 34.8 Å². The number of hydrogen-bond acceptors (Lipinski definition) is 0. The van der Waals surface area contributed by atoms with Crippen LogP contribution in [-0.4, -0.2) is 21.5 Å². The average molecular weight is 323 g/mol. The maximum atomic E-state index is 6.16. The van der Waals surface area contributed by atoms with Crippen LogP contribution in [0.1, 0.15) is 26.7 Å². The minimum atomic E-state index is -0.224. The molecule has 0 aromatic carbocycles. The van der Waals surface area contributed by atoms with E-state index in [1.54, 1.807) is 0 Å². The van der Waals surface area contributed by atoms with E-state index in [0.717, 1.165) is 12.8 Å². The molecule has 4 heteroatoms. The van der Waals surface area contributed by atoms with Crippen molar-refractivity contribution in [1.29, 1.82) is 0 Å². The van der Waals surface area contributed by atoms with Crippen LogP contribution in [0.25, 0.3) is 0 Å². The molecule has 0 aromatic heterocycles. The second-order valence-electron chi connectivity index (χ2n) is 3.72. The third-order valence-corrected chi connectivity index (χ3v) is 4.63. The van der Waals surface area contributed by atoms with Crippen LogP contribution >= 0.6 is 50.7 Å². The molecule has 0 aromatic rings. The first-order valence-electron chi connectivity index (χ1n) is 4.54. The van der Waals surface area contributed by atoms with Gasteiger partial charge in [0.1, 0.15) is 0 Å². The van der Waals surface area contributed by atoms with Gasteiger partial charge < -0.3 is 0 Å². The van der Waals surface area contributed by atoms with Gasteiger partial charge in [-0.05, 0) is 26.7 Å². The summed E-state index contributed by atoms with van der Waals surface area (Å²) in [6.07, 6.45) is 3.89. The summed E-state index contributed by atoms with van der Waals surface area (Å²) in [5, 5.41) is 0. The van der Waals surface area contributed by atoms with E-state index >= 15 is 0 Å². The van der Waals surface area contributed by atoms with Crippen LogP contribution in [0.3, 0.4) is 0 Å². The highest BCUT2D eigenvalue weighted by atomic mass is 79.9. The molecule has 0 radical (unpaired) electrons. The summed E-state index contributed by atoms with van der Waals surface area (Å²) in [5.41, 5.74) is 1.19. The number of halogens is 4. The Bertz CT molecular complexity index is 184. The van der Waals surface area contributed by atoms with Gasteiger partial charge in [-0.3, -0.25) is 0 Å². The van der Waals surface area contributed by atoms with E-state index in [-0.39, 0.29) is 4.87 Å². The Morgan fingerprint density at radius 2 is 2.00 bits per heavy atom. The first-order valence-corrected chi connectivity index (χ1v) is 6.91. The molecule has 0 aliphatic rings. The summed E-state index contributed by atoms with van der Waals surface area (Å²) in [5.74, 6) is 1.08. The van der Waals surface area contributed by atoms with Gasteiger partial charge in [0.2, 0.25) is 0 Å². The molecule has 0 saturated heterocycles. The summed E-state index contributed by atoms with van der Waals surface area (Å²) >= 11 is 21.1. The zero-order valence-electron chi connectivity index (χ0n) is 8.49. The maximum Gasteiger partial charge on any atom is 0.0515 e. The van der Waals surface area contributed by atoms with Crippen molar-refractivity contribution in [3.8, 4) is 0 Å². The standard InChI is InChI=1S/C10H16BrCl3/c1-10(2,14)9(11)4-3-8(7-13)5-6-12/h5,9H,3-4,6-7H2,1-2H3. The zero-order chi connectivity index (χ0) is 11.2. The first kappa shape index (κ1) is 15.1. The quantitative estimate of drug-likeness (QED) is 0.479. The van der Waals surface area contributed by atoms with E-state index in [2.05, 4.69) is 15.9 Å². The van der Waals surface area contributed by atoms with Crippen molar-refractivity contribution in [1.82, 2.24) is 0 Å². The SMILES string of the molecule is CC(C)(Cl)C(Br)CCC(=CCCl)CCl. The van der Waals surface area contributed by atoms with Crippen molar-refractivity contribution >= 4 is 50.7 Å². The molecule has 1 atom stereocenters. The van der Waals surface area contributed by atoms with E-state index < -0.39 is 0 Å². The lowest BCUT2D eigenvalue weighted by Crippen LogP contribution is -2.24. The van der Waals surface area contributed by atoms with Crippen molar-refractivity contribution in [2.24, 2.45) is 0 Å². The summed E-state index contributed by atoms with van der Waals surface area (Å²) in [6, 6.07) is 0. The molecule has 0 rings (SSSR count). The lowest BCUT2D eigenvalue weighted by molar-refractivity contribution is 0.616. The van der Waals surface area contributed by atoms with Crippen LogP contribution in [0.15, 0.2) is 11.6 Å². The zero-order valence-corrected chi connectivity index (χ0v) is 12.3. The molecule has 0 fully saturated rings. The smallest absolute Gasteiger partial charge is 0.0515 e. The molecule has 0 bridgehead atoms. The minimum Gasteiger partial charge on any atom is -0.122 e. The second kappa shape index (κ2) is 7.38. The molecule has 0 aliphatic carbocycles. The summed E-state index contributed by atoms with van der Waals surface area (Å²) in [7, 11) is 0. The molecular formula is C10H16BrCl3. The molecule has 14 heavy (non-hydrogen) atoms. The summed E-state index contributed by atoms with van der Waals surface area (Å²) < 4.78 is 0. The third-order valence-electron chi connectivity index (χ3n) is 2.00. The average Bonchev–Trinajstić information content (AvgIpc) is 2.10. The van der Waals surface area contributed by atoms with Crippen LogP contribution < -0.4 is 0 Å². The van der Waals surface area contributed by atoms with Crippen LogP contribution in [0.4, 0.5) is 0 Å². The Hall–Kier alpha value is 1.09. The lowest BCUT2D eigenvalue weighted by Gasteiger charge is -2.23. The highest BCUT2D eigenvalue weighted by Gasteiger charge is 2.23. The normalized spacial score (nSPS) is 15.7. The minimum absolute atomic E-state index is 0.224. The predicted octanol–water partition coefficient (Wildman–Crippen LogP) is 4.95. The lowest BCUT2D eigenvalue weighted by atomic mass is 10.0. The Morgan fingerprint density at radius 1 is 1.43 bits per heavy atom. The largest absolute Gasteiger partial charge is 0.122 e. The van der Waals surface area contributed by atoms with Gasteiger partial charge in [-0.2, -0.15) is 0 Å². The van der Waals surface area contributed by atoms with Gasteiger partial charge in [0.05, 0.1) is 4.87 Å². The number of alkyl halides is 4. The fourth-order valence-electron chi connectivity index (χ4n) is 0.988. The summed E-state index contributed by atoms with van der Waals surface area (Å²) in [6.45, 7) is 4.00. The molecule has 1 unspecified atom stereocenters. The number of allylic oxidation sites excluding steroid dienone is 2. The topological polar surface area (TPSA) is 0 Å². The van der Waals surface area contributed by atoms with Crippen LogP contribution in [0.2, 0.25) is 0 Å². The van der Waals surface area contributed by atoms with Crippen LogP contribution in [-0.2, 0) is 0 Å². The van der Waals surface area contributed by atoms with Gasteiger partial charge in [-0.1, -0.05) is 27.6 Å². The van der Waals surface area contributed by atoms with E-state index in [9.17, 15) is 0 Å². The van der Waals surface area contributed by atoms with Gasteiger partial charge in [0.25, 0.3) is 0 Å². The Kier molecular flexibility index (Phi) is 7.95. The third kappa shape index (κ3) is 6.55. The molecule has 0 saturated carbocycles. The van der Waals surface area contributed by atoms with E-state index in [1.165, 1.54) is 5.57 Å². The Labute approximate surface area is 110 Å². The van der Waals surface area contributed by atoms with Gasteiger partial charge in [0, 0.05) is 16.6 Å². The van der Waals surface area contributed by atoms with Crippen molar-refractivity contribution in [2.75, 3.05) is 11.8 Å². The second-order valence-corrected chi connectivity index (χ2v) is 6.38. The van der Waals surface area contributed by atoms with Gasteiger partial charge in [-0.25, -0.2) is 0 Å². The first-order chi connectivity index (χ1) is 6.41. The molecular weight excluding hydrogens is 306 g/mol. The van der Waals surface area contributed by atoms with Gasteiger partial charge >= 0.3 is 0 Å². The number of hydrogen-bond donors (Lipinski definition) is 0. The van der Waals surface area contributed by atoms with Crippen molar-refractivity contribution < 1.29 is 0 Å². The molecule has 0 N–H and O–H groups in total. The molecule has 0 nitrogen and oxygen atoms in total. The van der Waals surface area contributed by atoms with Crippen molar-refractivity contribution in [2.45, 2.75) is 36.4 Å². The van der Waals surface area contributed by atoms with E-state index in [0.29, 0.717) is 16.6 Å². The fourth-order valence-corrected chi connectivity index (χ4v) is 1.79. The molecule has 0 heterocycles. The predicted molar refractivity (Wildman–Crippen MR) is 71.4 cm³/mol. The summed E-state index contributed by atoms with van der Waals surface area (Å²) in [4.78, 5) is 0.0666. The maximum absolute atomic E-state index is 6.16. The van der Waals surface area contributed by atoms with Crippen molar-refractivity contribution in [3.63, 3.8) is 0 Å². The van der Waals surface area contributed by atoms with E-state index in [1.807, 2.05) is 19.9 Å². The van der Waals surface area contributed by atoms with Gasteiger partial charge in [0.15, 0.2) is 0 Å². The molecule has 0 spiro atoms. The highest BCUT2D eigenvalue weighted by molar-refractivity contribution is 9.09.